The lowest BCUT2D eigenvalue weighted by atomic mass is 9.62. The average molecular weight is 192 g/mol. The van der Waals surface area contributed by atoms with Gasteiger partial charge in [0.2, 0.25) is 0 Å². The van der Waals surface area contributed by atoms with Crippen LogP contribution in [0, 0.1) is 11.3 Å². The Morgan fingerprint density at radius 3 is 3.07 bits per heavy atom. The summed E-state index contributed by atoms with van der Waals surface area (Å²) in [4.78, 5) is 11.6. The highest BCUT2D eigenvalue weighted by molar-refractivity contribution is 5.83. The fraction of sp³-hybridized carbons (Fsp3) is 0.583. The van der Waals surface area contributed by atoms with E-state index in [1.165, 1.54) is 0 Å². The van der Waals surface area contributed by atoms with Gasteiger partial charge >= 0.3 is 0 Å². The van der Waals surface area contributed by atoms with Crippen LogP contribution in [0.25, 0.3) is 0 Å². The van der Waals surface area contributed by atoms with Crippen LogP contribution in [-0.2, 0) is 4.79 Å². The van der Waals surface area contributed by atoms with E-state index in [4.69, 9.17) is 0 Å². The van der Waals surface area contributed by atoms with Crippen molar-refractivity contribution in [3.05, 3.63) is 24.3 Å². The van der Waals surface area contributed by atoms with Crippen LogP contribution in [0.15, 0.2) is 24.3 Å². The Morgan fingerprint density at radius 2 is 2.43 bits per heavy atom. The van der Waals surface area contributed by atoms with Gasteiger partial charge in [-0.3, -0.25) is 4.79 Å². The smallest absolute Gasteiger partial charge is 0.138 e. The molecule has 2 aliphatic rings. The van der Waals surface area contributed by atoms with Gasteiger partial charge in [-0.1, -0.05) is 12.2 Å². The molecule has 0 amide bonds. The molecule has 0 aromatic heterocycles. The highest BCUT2D eigenvalue weighted by atomic mass is 16.3. The number of hydrogen-bond acceptors (Lipinski definition) is 2. The summed E-state index contributed by atoms with van der Waals surface area (Å²) in [5.74, 6) is 0.0224. The van der Waals surface area contributed by atoms with E-state index in [1.54, 1.807) is 0 Å². The zero-order valence-electron chi connectivity index (χ0n) is 8.49. The summed E-state index contributed by atoms with van der Waals surface area (Å²) in [5, 5.41) is 9.85. The average Bonchev–Trinajstić information content (AvgIpc) is 2.19. The maximum absolute atomic E-state index is 11.6. The molecular formula is C12H16O2. The molecular weight excluding hydrogens is 176 g/mol. The number of allylic oxidation sites excluding steroid dienone is 2. The zero-order chi connectivity index (χ0) is 10.3. The third-order valence-corrected chi connectivity index (χ3v) is 3.62. The normalized spacial score (nSPS) is 41.9. The van der Waals surface area contributed by atoms with Crippen LogP contribution in [0.4, 0.5) is 0 Å². The first-order chi connectivity index (χ1) is 6.58. The van der Waals surface area contributed by atoms with E-state index in [2.05, 4.69) is 12.7 Å². The SMILES string of the molecule is C=C[C@]12C=C(C)[C@@H](O)[C@@H](C1)C(=O)CC2. The monoisotopic (exact) mass is 192 g/mol. The van der Waals surface area contributed by atoms with Gasteiger partial charge in [-0.15, -0.1) is 6.58 Å². The van der Waals surface area contributed by atoms with Gasteiger partial charge in [-0.05, 0) is 25.3 Å². The molecule has 2 nitrogen and oxygen atoms in total. The first-order valence-electron chi connectivity index (χ1n) is 5.12. The molecule has 2 aliphatic carbocycles. The maximum Gasteiger partial charge on any atom is 0.138 e. The Kier molecular flexibility index (Phi) is 2.11. The molecule has 0 aromatic carbocycles. The third-order valence-electron chi connectivity index (χ3n) is 3.62. The molecule has 0 aliphatic heterocycles. The largest absolute Gasteiger partial charge is 0.388 e. The summed E-state index contributed by atoms with van der Waals surface area (Å²) >= 11 is 0. The minimum atomic E-state index is -0.559. The van der Waals surface area contributed by atoms with Gasteiger partial charge < -0.3 is 5.11 Å². The predicted molar refractivity (Wildman–Crippen MR) is 54.7 cm³/mol. The number of carbonyl (C=O) groups is 1. The van der Waals surface area contributed by atoms with E-state index < -0.39 is 6.10 Å². The maximum atomic E-state index is 11.6. The lowest BCUT2D eigenvalue weighted by Crippen LogP contribution is -2.42. The topological polar surface area (TPSA) is 37.3 Å². The first-order valence-corrected chi connectivity index (χ1v) is 5.12. The third kappa shape index (κ3) is 1.25. The van der Waals surface area contributed by atoms with Gasteiger partial charge in [-0.25, -0.2) is 0 Å². The lowest BCUT2D eigenvalue weighted by Gasteiger charge is -2.42. The van der Waals surface area contributed by atoms with Gasteiger partial charge in [0.05, 0.1) is 6.10 Å². The Labute approximate surface area is 84.3 Å². The van der Waals surface area contributed by atoms with Crippen molar-refractivity contribution >= 4 is 5.78 Å². The number of aliphatic hydroxyl groups excluding tert-OH is 1. The van der Waals surface area contributed by atoms with Crippen molar-refractivity contribution in [2.45, 2.75) is 32.3 Å². The minimum Gasteiger partial charge on any atom is -0.388 e. The van der Waals surface area contributed by atoms with Crippen LogP contribution in [0.5, 0.6) is 0 Å². The number of ketones is 1. The summed E-state index contributed by atoms with van der Waals surface area (Å²) in [6.07, 6.45) is 5.65. The Hall–Kier alpha value is -0.890. The molecule has 0 radical (unpaired) electrons. The number of fused-ring (bicyclic) bond motifs is 2. The van der Waals surface area contributed by atoms with Crippen molar-refractivity contribution in [3.8, 4) is 0 Å². The Morgan fingerprint density at radius 1 is 1.71 bits per heavy atom. The molecule has 14 heavy (non-hydrogen) atoms. The molecule has 0 unspecified atom stereocenters. The quantitative estimate of drug-likeness (QED) is 0.644. The predicted octanol–water partition coefficient (Wildman–Crippen LogP) is 1.85. The van der Waals surface area contributed by atoms with E-state index in [0.29, 0.717) is 6.42 Å². The highest BCUT2D eigenvalue weighted by Gasteiger charge is 2.44. The summed E-state index contributed by atoms with van der Waals surface area (Å²) in [6.45, 7) is 5.74. The van der Waals surface area contributed by atoms with E-state index >= 15 is 0 Å². The van der Waals surface area contributed by atoms with Gasteiger partial charge in [0.25, 0.3) is 0 Å². The van der Waals surface area contributed by atoms with Gasteiger partial charge in [0.15, 0.2) is 0 Å². The molecule has 2 bridgehead atoms. The molecule has 1 saturated carbocycles. The summed E-state index contributed by atoms with van der Waals surface area (Å²) in [7, 11) is 0. The fourth-order valence-electron chi connectivity index (χ4n) is 2.69. The van der Waals surface area contributed by atoms with Crippen molar-refractivity contribution in [1.82, 2.24) is 0 Å². The number of aliphatic hydroxyl groups is 1. The van der Waals surface area contributed by atoms with Crippen molar-refractivity contribution in [2.75, 3.05) is 0 Å². The molecule has 1 N–H and O–H groups in total. The molecule has 1 fully saturated rings. The standard InChI is InChI=1S/C12H16O2/c1-3-12-5-4-10(13)9(7-12)11(14)8(2)6-12/h3,6,9,11,14H,1,4-5,7H2,2H3/t9-,11+,12-/m0/s1. The van der Waals surface area contributed by atoms with Gasteiger partial charge in [-0.2, -0.15) is 0 Å². The number of Topliss-reactive ketones (excluding diaryl/α,β-unsaturated/α-hetero) is 1. The van der Waals surface area contributed by atoms with Crippen molar-refractivity contribution in [2.24, 2.45) is 11.3 Å². The Bertz CT molecular complexity index is 316. The van der Waals surface area contributed by atoms with E-state index in [1.807, 2.05) is 13.0 Å². The van der Waals surface area contributed by atoms with E-state index in [-0.39, 0.29) is 17.1 Å². The van der Waals surface area contributed by atoms with E-state index in [0.717, 1.165) is 18.4 Å². The van der Waals surface area contributed by atoms with Crippen LogP contribution in [0.2, 0.25) is 0 Å². The molecule has 3 atom stereocenters. The fourth-order valence-corrected chi connectivity index (χ4v) is 2.69. The number of carbonyl (C=O) groups excluding carboxylic acids is 1. The van der Waals surface area contributed by atoms with Gasteiger partial charge in [0.1, 0.15) is 5.78 Å². The van der Waals surface area contributed by atoms with Crippen molar-refractivity contribution in [1.29, 1.82) is 0 Å². The summed E-state index contributed by atoms with van der Waals surface area (Å²) < 4.78 is 0. The molecule has 0 spiro atoms. The van der Waals surface area contributed by atoms with Crippen LogP contribution >= 0.6 is 0 Å². The molecule has 0 aromatic rings. The Balaban J connectivity index is 2.42. The van der Waals surface area contributed by atoms with Crippen LogP contribution in [0.1, 0.15) is 26.2 Å². The van der Waals surface area contributed by atoms with Crippen LogP contribution < -0.4 is 0 Å². The summed E-state index contributed by atoms with van der Waals surface area (Å²) in [6, 6.07) is 0. The van der Waals surface area contributed by atoms with Crippen molar-refractivity contribution in [3.63, 3.8) is 0 Å². The van der Waals surface area contributed by atoms with Gasteiger partial charge in [0, 0.05) is 17.8 Å². The van der Waals surface area contributed by atoms with Crippen molar-refractivity contribution < 1.29 is 9.90 Å². The molecule has 0 saturated heterocycles. The second-order valence-electron chi connectivity index (χ2n) is 4.55. The highest BCUT2D eigenvalue weighted by Crippen LogP contribution is 2.46. The lowest BCUT2D eigenvalue weighted by molar-refractivity contribution is -0.130. The minimum absolute atomic E-state index is 0.0259. The van der Waals surface area contributed by atoms with Crippen LogP contribution in [0.3, 0.4) is 0 Å². The second-order valence-corrected chi connectivity index (χ2v) is 4.55. The molecule has 0 heterocycles. The second kappa shape index (κ2) is 3.06. The zero-order valence-corrected chi connectivity index (χ0v) is 8.49. The number of hydrogen-bond donors (Lipinski definition) is 1. The summed E-state index contributed by atoms with van der Waals surface area (Å²) in [5.41, 5.74) is 0.899. The first kappa shape index (κ1) is 9.66. The number of rotatable bonds is 1. The van der Waals surface area contributed by atoms with Crippen LogP contribution in [-0.4, -0.2) is 17.0 Å². The molecule has 2 rings (SSSR count). The molecule has 76 valence electrons. The van der Waals surface area contributed by atoms with E-state index in [9.17, 15) is 9.90 Å². The molecule has 2 heteroatoms.